The van der Waals surface area contributed by atoms with Gasteiger partial charge in [0.1, 0.15) is 0 Å². The molecule has 0 aliphatic carbocycles. The van der Waals surface area contributed by atoms with Crippen LogP contribution in [-0.4, -0.2) is 28.2 Å². The largest absolute Gasteiger partial charge is 0.380 e. The van der Waals surface area contributed by atoms with Crippen LogP contribution >= 0.6 is 0 Å². The third kappa shape index (κ3) is 5.84. The quantitative estimate of drug-likeness (QED) is 0.872. The minimum absolute atomic E-state index is 0.150. The van der Waals surface area contributed by atoms with Crippen molar-refractivity contribution >= 4 is 10.0 Å². The van der Waals surface area contributed by atoms with Crippen molar-refractivity contribution in [2.45, 2.75) is 32.6 Å². The van der Waals surface area contributed by atoms with E-state index < -0.39 is 10.0 Å². The predicted molar refractivity (Wildman–Crippen MR) is 82.0 cm³/mol. The Morgan fingerprint density at radius 2 is 2.05 bits per heavy atom. The SMILES string of the molecule is COC(CNS(=O)(=O)Cc1cccc(C#N)c1)C(C)(C)C. The van der Waals surface area contributed by atoms with Gasteiger partial charge in [0.25, 0.3) is 0 Å². The summed E-state index contributed by atoms with van der Waals surface area (Å²) >= 11 is 0. The molecule has 0 aliphatic heterocycles. The van der Waals surface area contributed by atoms with Crippen molar-refractivity contribution in [2.24, 2.45) is 5.41 Å². The number of hydrogen-bond acceptors (Lipinski definition) is 4. The molecule has 1 rings (SSSR count). The van der Waals surface area contributed by atoms with Crippen LogP contribution in [0.1, 0.15) is 31.9 Å². The molecule has 0 radical (unpaired) electrons. The molecule has 1 N–H and O–H groups in total. The standard InChI is InChI=1S/C15H22N2O3S/c1-15(2,3)14(20-4)10-17-21(18,19)11-13-7-5-6-12(8-13)9-16/h5-8,14,17H,10-11H2,1-4H3. The second-order valence-electron chi connectivity index (χ2n) is 6.01. The molecule has 0 spiro atoms. The van der Waals surface area contributed by atoms with E-state index in [1.54, 1.807) is 31.4 Å². The maximum Gasteiger partial charge on any atom is 0.215 e. The van der Waals surface area contributed by atoms with E-state index in [0.717, 1.165) is 0 Å². The van der Waals surface area contributed by atoms with Gasteiger partial charge < -0.3 is 4.74 Å². The highest BCUT2D eigenvalue weighted by atomic mass is 32.2. The molecule has 1 aromatic carbocycles. The summed E-state index contributed by atoms with van der Waals surface area (Å²) in [7, 11) is -1.89. The number of hydrogen-bond donors (Lipinski definition) is 1. The molecule has 0 saturated heterocycles. The lowest BCUT2D eigenvalue weighted by Gasteiger charge is -2.29. The summed E-state index contributed by atoms with van der Waals surface area (Å²) < 4.78 is 32.1. The molecule has 0 saturated carbocycles. The molecule has 1 atom stereocenters. The molecule has 1 aromatic rings. The molecule has 0 aromatic heterocycles. The first kappa shape index (κ1) is 17.6. The van der Waals surface area contributed by atoms with Crippen molar-refractivity contribution in [2.75, 3.05) is 13.7 Å². The minimum atomic E-state index is -3.46. The average Bonchev–Trinajstić information content (AvgIpc) is 2.37. The van der Waals surface area contributed by atoms with E-state index in [0.29, 0.717) is 11.1 Å². The summed E-state index contributed by atoms with van der Waals surface area (Å²) in [5.41, 5.74) is 0.885. The van der Waals surface area contributed by atoms with Crippen LogP contribution in [0.25, 0.3) is 0 Å². The topological polar surface area (TPSA) is 79.2 Å². The number of sulfonamides is 1. The van der Waals surface area contributed by atoms with Crippen molar-refractivity contribution in [1.29, 1.82) is 5.26 Å². The van der Waals surface area contributed by atoms with Gasteiger partial charge >= 0.3 is 0 Å². The molecule has 1 unspecified atom stereocenters. The van der Waals surface area contributed by atoms with E-state index in [-0.39, 0.29) is 23.8 Å². The molecule has 21 heavy (non-hydrogen) atoms. The fourth-order valence-electron chi connectivity index (χ4n) is 1.95. The van der Waals surface area contributed by atoms with Crippen molar-refractivity contribution in [3.8, 4) is 6.07 Å². The van der Waals surface area contributed by atoms with Crippen LogP contribution in [0.5, 0.6) is 0 Å². The predicted octanol–water partition coefficient (Wildman–Crippen LogP) is 2.04. The Labute approximate surface area is 127 Å². The fraction of sp³-hybridized carbons (Fsp3) is 0.533. The summed E-state index contributed by atoms with van der Waals surface area (Å²) in [6.07, 6.45) is -0.210. The molecule has 116 valence electrons. The number of benzene rings is 1. The second-order valence-corrected chi connectivity index (χ2v) is 7.82. The molecule has 6 heteroatoms. The third-order valence-corrected chi connectivity index (χ3v) is 4.47. The smallest absolute Gasteiger partial charge is 0.215 e. The van der Waals surface area contributed by atoms with Gasteiger partial charge in [0.05, 0.1) is 23.5 Å². The summed E-state index contributed by atoms with van der Waals surface area (Å²) in [5, 5.41) is 8.83. The molecular formula is C15H22N2O3S. The Morgan fingerprint density at radius 1 is 1.38 bits per heavy atom. The highest BCUT2D eigenvalue weighted by Gasteiger charge is 2.26. The molecule has 0 aliphatic rings. The van der Waals surface area contributed by atoms with Crippen molar-refractivity contribution in [3.05, 3.63) is 35.4 Å². The van der Waals surface area contributed by atoms with Crippen molar-refractivity contribution in [1.82, 2.24) is 4.72 Å². The van der Waals surface area contributed by atoms with E-state index in [1.807, 2.05) is 26.8 Å². The lowest BCUT2D eigenvalue weighted by molar-refractivity contribution is 0.0212. The Bertz CT molecular complexity index is 613. The van der Waals surface area contributed by atoms with Crippen LogP contribution in [0.2, 0.25) is 0 Å². The molecular weight excluding hydrogens is 288 g/mol. The number of rotatable bonds is 6. The van der Waals surface area contributed by atoms with Gasteiger partial charge in [-0.2, -0.15) is 5.26 Å². The van der Waals surface area contributed by atoms with Gasteiger partial charge in [-0.05, 0) is 23.1 Å². The van der Waals surface area contributed by atoms with E-state index in [1.165, 1.54) is 0 Å². The average molecular weight is 310 g/mol. The number of ether oxygens (including phenoxy) is 1. The molecule has 5 nitrogen and oxygen atoms in total. The van der Waals surface area contributed by atoms with Crippen molar-refractivity contribution in [3.63, 3.8) is 0 Å². The van der Waals surface area contributed by atoms with E-state index in [2.05, 4.69) is 4.72 Å². The van der Waals surface area contributed by atoms with Crippen LogP contribution in [0.3, 0.4) is 0 Å². The zero-order valence-corrected chi connectivity index (χ0v) is 13.7. The Kier molecular flexibility index (Phi) is 5.90. The van der Waals surface area contributed by atoms with Gasteiger partial charge in [-0.3, -0.25) is 0 Å². The highest BCUT2D eigenvalue weighted by molar-refractivity contribution is 7.88. The number of methoxy groups -OCH3 is 1. The zero-order chi connectivity index (χ0) is 16.1. The third-order valence-electron chi connectivity index (χ3n) is 3.15. The van der Waals surface area contributed by atoms with Crippen molar-refractivity contribution < 1.29 is 13.2 Å². The monoisotopic (exact) mass is 310 g/mol. The highest BCUT2D eigenvalue weighted by Crippen LogP contribution is 2.21. The summed E-state index contributed by atoms with van der Waals surface area (Å²) in [6.45, 7) is 6.20. The molecule has 0 bridgehead atoms. The first-order chi connectivity index (χ1) is 9.68. The van der Waals surface area contributed by atoms with Crippen LogP contribution in [0, 0.1) is 16.7 Å². The van der Waals surface area contributed by atoms with Crippen LogP contribution in [0.15, 0.2) is 24.3 Å². The van der Waals surface area contributed by atoms with Gasteiger partial charge in [0, 0.05) is 13.7 Å². The minimum Gasteiger partial charge on any atom is -0.380 e. The Balaban J connectivity index is 2.72. The molecule has 0 heterocycles. The fourth-order valence-corrected chi connectivity index (χ4v) is 3.07. The molecule has 0 fully saturated rings. The number of nitrogens with one attached hydrogen (secondary N) is 1. The summed E-state index contributed by atoms with van der Waals surface area (Å²) in [4.78, 5) is 0. The lowest BCUT2D eigenvalue weighted by atomic mass is 9.89. The maximum atomic E-state index is 12.1. The van der Waals surface area contributed by atoms with Crippen LogP contribution in [0.4, 0.5) is 0 Å². The van der Waals surface area contributed by atoms with Gasteiger partial charge in [0.15, 0.2) is 0 Å². The van der Waals surface area contributed by atoms with Gasteiger partial charge in [0.2, 0.25) is 10.0 Å². The van der Waals surface area contributed by atoms with Crippen LogP contribution < -0.4 is 4.72 Å². The number of nitriles is 1. The van der Waals surface area contributed by atoms with Gasteiger partial charge in [-0.25, -0.2) is 13.1 Å². The molecule has 0 amide bonds. The first-order valence-corrected chi connectivity index (χ1v) is 8.32. The van der Waals surface area contributed by atoms with Gasteiger partial charge in [-0.1, -0.05) is 32.9 Å². The van der Waals surface area contributed by atoms with E-state index in [4.69, 9.17) is 10.00 Å². The Morgan fingerprint density at radius 3 is 2.57 bits per heavy atom. The first-order valence-electron chi connectivity index (χ1n) is 6.67. The normalized spacial score (nSPS) is 13.7. The zero-order valence-electron chi connectivity index (χ0n) is 12.9. The van der Waals surface area contributed by atoms with E-state index in [9.17, 15) is 8.42 Å². The summed E-state index contributed by atoms with van der Waals surface area (Å²) in [6, 6.07) is 8.59. The maximum absolute atomic E-state index is 12.1. The lowest BCUT2D eigenvalue weighted by Crippen LogP contribution is -2.40. The van der Waals surface area contributed by atoms with Gasteiger partial charge in [-0.15, -0.1) is 0 Å². The van der Waals surface area contributed by atoms with Crippen LogP contribution in [-0.2, 0) is 20.5 Å². The summed E-state index contributed by atoms with van der Waals surface area (Å²) in [5.74, 6) is -0.150. The number of nitrogens with zero attached hydrogens (tertiary/aromatic N) is 1. The Hall–Kier alpha value is -1.42. The second kappa shape index (κ2) is 7.03. The van der Waals surface area contributed by atoms with E-state index >= 15 is 0 Å².